The predicted molar refractivity (Wildman–Crippen MR) is 88.8 cm³/mol. The monoisotopic (exact) mass is 294 g/mol. The number of aryl methyl sites for hydroxylation is 1. The molecule has 2 N–H and O–H groups in total. The molecule has 0 atom stereocenters. The maximum absolute atomic E-state index is 10.2. The number of nitrogens with zero attached hydrogens (tertiary/aromatic N) is 1. The lowest BCUT2D eigenvalue weighted by Crippen LogP contribution is -1.93. The largest absolute Gasteiger partial charge is 0.478 e. The molecular formula is C18H18N2O2. The molecule has 4 nitrogen and oxygen atoms in total. The van der Waals surface area contributed by atoms with Crippen LogP contribution in [0.4, 0.5) is 0 Å². The Hall–Kier alpha value is -2.88. The highest BCUT2D eigenvalue weighted by Crippen LogP contribution is 2.20. The van der Waals surface area contributed by atoms with E-state index in [4.69, 9.17) is 10.5 Å². The molecule has 0 unspecified atom stereocenters. The first kappa shape index (κ1) is 15.5. The van der Waals surface area contributed by atoms with Gasteiger partial charge in [0, 0.05) is 35.4 Å². The Kier molecular flexibility index (Phi) is 4.73. The van der Waals surface area contributed by atoms with E-state index in [0.717, 1.165) is 10.9 Å². The van der Waals surface area contributed by atoms with Gasteiger partial charge in [-0.25, -0.2) is 4.79 Å². The summed E-state index contributed by atoms with van der Waals surface area (Å²) >= 11 is 0. The Balaban J connectivity index is 0.000000172. The molecule has 0 saturated carbocycles. The first-order valence-corrected chi connectivity index (χ1v) is 6.88. The van der Waals surface area contributed by atoms with E-state index in [1.54, 1.807) is 30.3 Å². The van der Waals surface area contributed by atoms with Gasteiger partial charge in [0.25, 0.3) is 0 Å². The molecule has 0 fully saturated rings. The summed E-state index contributed by atoms with van der Waals surface area (Å²) in [4.78, 5) is 10.2. The van der Waals surface area contributed by atoms with Gasteiger partial charge in [-0.2, -0.15) is 0 Å². The van der Waals surface area contributed by atoms with E-state index in [-0.39, 0.29) is 0 Å². The van der Waals surface area contributed by atoms with Crippen LogP contribution >= 0.6 is 0 Å². The summed E-state index contributed by atoms with van der Waals surface area (Å²) < 4.78 is 2.06. The molecule has 1 heterocycles. The van der Waals surface area contributed by atoms with Crippen LogP contribution < -0.4 is 0 Å². The second-order valence-electron chi connectivity index (χ2n) is 4.97. The average molecular weight is 294 g/mol. The van der Waals surface area contributed by atoms with Gasteiger partial charge in [-0.3, -0.25) is 0 Å². The molecule has 0 radical (unpaired) electrons. The molecule has 0 saturated heterocycles. The molecular weight excluding hydrogens is 276 g/mol. The normalized spacial score (nSPS) is 9.91. The fourth-order valence-electron chi connectivity index (χ4n) is 2.22. The minimum atomic E-state index is -0.879. The van der Waals surface area contributed by atoms with Crippen molar-refractivity contribution in [2.75, 3.05) is 0 Å². The van der Waals surface area contributed by atoms with Crippen molar-refractivity contribution in [3.8, 4) is 0 Å². The van der Waals surface area contributed by atoms with Gasteiger partial charge in [-0.1, -0.05) is 36.4 Å². The summed E-state index contributed by atoms with van der Waals surface area (Å²) in [6.45, 7) is 1.82. The quantitative estimate of drug-likeness (QED) is 0.703. The van der Waals surface area contributed by atoms with Gasteiger partial charge in [0.15, 0.2) is 0 Å². The van der Waals surface area contributed by atoms with Crippen molar-refractivity contribution in [3.63, 3.8) is 0 Å². The van der Waals surface area contributed by atoms with Crippen LogP contribution in [0.5, 0.6) is 0 Å². The number of carboxylic acids is 1. The molecule has 4 heteroatoms. The van der Waals surface area contributed by atoms with Gasteiger partial charge in [-0.05, 0) is 25.1 Å². The summed E-state index contributed by atoms with van der Waals surface area (Å²) in [6.07, 6.45) is 2.01. The predicted octanol–water partition coefficient (Wildman–Crippen LogP) is 3.95. The molecule has 112 valence electrons. The van der Waals surface area contributed by atoms with Crippen LogP contribution in [0.1, 0.15) is 22.8 Å². The highest BCUT2D eigenvalue weighted by atomic mass is 16.4. The first-order chi connectivity index (χ1) is 10.5. The van der Waals surface area contributed by atoms with Crippen molar-refractivity contribution in [3.05, 3.63) is 71.9 Å². The minimum absolute atomic E-state index is 0.331. The number of carbonyl (C=O) groups is 1. The van der Waals surface area contributed by atoms with Crippen molar-refractivity contribution >= 4 is 22.6 Å². The van der Waals surface area contributed by atoms with Crippen LogP contribution in [-0.4, -0.2) is 21.4 Å². The Labute approximate surface area is 129 Å². The standard InChI is InChI=1S/C11H12N2.C7H6O2/c1-8(12)10-7-13(2)11-6-4-3-5-9(10)11;8-7(9)6-4-2-1-3-5-6/h3-7,12H,1-2H3;1-5H,(H,8,9). The highest BCUT2D eigenvalue weighted by molar-refractivity contribution is 6.08. The summed E-state index contributed by atoms with van der Waals surface area (Å²) in [6, 6.07) is 16.5. The van der Waals surface area contributed by atoms with Crippen molar-refractivity contribution in [1.82, 2.24) is 4.57 Å². The second-order valence-corrected chi connectivity index (χ2v) is 4.97. The van der Waals surface area contributed by atoms with Crippen molar-refractivity contribution in [2.45, 2.75) is 6.92 Å². The third-order valence-electron chi connectivity index (χ3n) is 3.32. The molecule has 1 aromatic heterocycles. The number of carboxylic acid groups (broad SMARTS) is 1. The fourth-order valence-corrected chi connectivity index (χ4v) is 2.22. The van der Waals surface area contributed by atoms with Crippen molar-refractivity contribution in [2.24, 2.45) is 7.05 Å². The van der Waals surface area contributed by atoms with Gasteiger partial charge in [-0.15, -0.1) is 0 Å². The van der Waals surface area contributed by atoms with E-state index in [2.05, 4.69) is 16.7 Å². The molecule has 0 bridgehead atoms. The van der Waals surface area contributed by atoms with Crippen molar-refractivity contribution in [1.29, 1.82) is 5.41 Å². The second kappa shape index (κ2) is 6.72. The third kappa shape index (κ3) is 3.41. The Bertz CT molecular complexity index is 804. The molecule has 0 aliphatic heterocycles. The average Bonchev–Trinajstić information content (AvgIpc) is 2.87. The van der Waals surface area contributed by atoms with Crippen LogP contribution in [0.2, 0.25) is 0 Å². The SMILES string of the molecule is CC(=N)c1cn(C)c2ccccc12.O=C(O)c1ccccc1. The third-order valence-corrected chi connectivity index (χ3v) is 3.32. The van der Waals surface area contributed by atoms with Crippen LogP contribution in [0.25, 0.3) is 10.9 Å². The number of hydrogen-bond donors (Lipinski definition) is 2. The molecule has 0 aliphatic carbocycles. The maximum atomic E-state index is 10.2. The zero-order chi connectivity index (χ0) is 16.1. The van der Waals surface area contributed by atoms with Crippen molar-refractivity contribution < 1.29 is 9.90 Å². The summed E-state index contributed by atoms with van der Waals surface area (Å²) in [5, 5.41) is 17.2. The fraction of sp³-hybridized carbons (Fsp3) is 0.111. The number of nitrogens with one attached hydrogen (secondary N) is 1. The molecule has 0 aliphatic rings. The van der Waals surface area contributed by atoms with Gasteiger partial charge < -0.3 is 15.1 Å². The lowest BCUT2D eigenvalue weighted by molar-refractivity contribution is 0.0697. The zero-order valence-electron chi connectivity index (χ0n) is 12.6. The molecule has 3 rings (SSSR count). The molecule has 2 aromatic carbocycles. The number of aromatic carboxylic acids is 1. The van der Waals surface area contributed by atoms with E-state index >= 15 is 0 Å². The number of hydrogen-bond acceptors (Lipinski definition) is 2. The summed E-state index contributed by atoms with van der Waals surface area (Å²) in [7, 11) is 2.01. The smallest absolute Gasteiger partial charge is 0.335 e. The van der Waals surface area contributed by atoms with E-state index in [9.17, 15) is 4.79 Å². The van der Waals surface area contributed by atoms with E-state index in [1.165, 1.54) is 5.52 Å². The lowest BCUT2D eigenvalue weighted by atomic mass is 10.1. The van der Waals surface area contributed by atoms with Gasteiger partial charge in [0.2, 0.25) is 0 Å². The number of benzene rings is 2. The van der Waals surface area contributed by atoms with E-state index in [0.29, 0.717) is 11.3 Å². The topological polar surface area (TPSA) is 66.1 Å². The maximum Gasteiger partial charge on any atom is 0.335 e. The highest BCUT2D eigenvalue weighted by Gasteiger charge is 2.06. The van der Waals surface area contributed by atoms with Gasteiger partial charge >= 0.3 is 5.97 Å². The van der Waals surface area contributed by atoms with E-state index < -0.39 is 5.97 Å². The van der Waals surface area contributed by atoms with Gasteiger partial charge in [0.1, 0.15) is 0 Å². The lowest BCUT2D eigenvalue weighted by Gasteiger charge is -1.93. The molecule has 22 heavy (non-hydrogen) atoms. The van der Waals surface area contributed by atoms with E-state index in [1.807, 2.05) is 32.3 Å². The number of rotatable bonds is 2. The van der Waals surface area contributed by atoms with Crippen LogP contribution in [0.15, 0.2) is 60.8 Å². The zero-order valence-corrected chi connectivity index (χ0v) is 12.6. The van der Waals surface area contributed by atoms with Crippen LogP contribution in [-0.2, 0) is 7.05 Å². The minimum Gasteiger partial charge on any atom is -0.478 e. The number of aromatic nitrogens is 1. The number of para-hydroxylation sites is 1. The van der Waals surface area contributed by atoms with Crippen LogP contribution in [0.3, 0.4) is 0 Å². The Morgan fingerprint density at radius 3 is 2.18 bits per heavy atom. The van der Waals surface area contributed by atoms with Crippen LogP contribution in [0, 0.1) is 5.41 Å². The Morgan fingerprint density at radius 1 is 1.05 bits per heavy atom. The Morgan fingerprint density at radius 2 is 1.64 bits per heavy atom. The molecule has 3 aromatic rings. The first-order valence-electron chi connectivity index (χ1n) is 6.88. The van der Waals surface area contributed by atoms with Gasteiger partial charge in [0.05, 0.1) is 5.56 Å². The molecule has 0 amide bonds. The summed E-state index contributed by atoms with van der Waals surface area (Å²) in [5.41, 5.74) is 3.16. The molecule has 0 spiro atoms. The number of fused-ring (bicyclic) bond motifs is 1. The summed E-state index contributed by atoms with van der Waals surface area (Å²) in [5.74, 6) is -0.879.